The average molecular weight is 256 g/mol. The van der Waals surface area contributed by atoms with Crippen molar-refractivity contribution < 1.29 is 14.6 Å². The van der Waals surface area contributed by atoms with Crippen molar-refractivity contribution in [3.63, 3.8) is 0 Å². The first-order chi connectivity index (χ1) is 8.15. The molecule has 1 heterocycles. The highest BCUT2D eigenvalue weighted by Gasteiger charge is 2.29. The van der Waals surface area contributed by atoms with Crippen molar-refractivity contribution in [1.82, 2.24) is 5.32 Å². The monoisotopic (exact) mass is 255 g/mol. The molecule has 1 aromatic carbocycles. The van der Waals surface area contributed by atoms with Gasteiger partial charge in [0.05, 0.1) is 12.7 Å². The summed E-state index contributed by atoms with van der Waals surface area (Å²) in [6.07, 6.45) is 0.481. The van der Waals surface area contributed by atoms with E-state index < -0.39 is 12.0 Å². The second-order valence-corrected chi connectivity index (χ2v) is 4.53. The molecular weight excluding hydrogens is 242 g/mol. The van der Waals surface area contributed by atoms with Gasteiger partial charge in [-0.05, 0) is 17.7 Å². The zero-order valence-corrected chi connectivity index (χ0v) is 9.98. The Morgan fingerprint density at radius 2 is 2.18 bits per heavy atom. The fourth-order valence-electron chi connectivity index (χ4n) is 1.81. The molecule has 1 aliphatic rings. The lowest BCUT2D eigenvalue weighted by molar-refractivity contribution is -0.139. The molecule has 2 atom stereocenters. The minimum absolute atomic E-state index is 0.0354. The molecule has 0 aromatic heterocycles. The minimum atomic E-state index is -0.817. The van der Waals surface area contributed by atoms with Crippen LogP contribution in [-0.4, -0.2) is 29.8 Å². The summed E-state index contributed by atoms with van der Waals surface area (Å²) in [5.41, 5.74) is 1.04. The Balaban J connectivity index is 1.80. The highest BCUT2D eigenvalue weighted by molar-refractivity contribution is 6.30. The predicted molar refractivity (Wildman–Crippen MR) is 64.1 cm³/mol. The maximum atomic E-state index is 10.7. The van der Waals surface area contributed by atoms with Crippen LogP contribution >= 0.6 is 11.6 Å². The Kier molecular flexibility index (Phi) is 3.99. The van der Waals surface area contributed by atoms with Gasteiger partial charge in [0.25, 0.3) is 0 Å². The van der Waals surface area contributed by atoms with Gasteiger partial charge in [0.15, 0.2) is 0 Å². The number of ether oxygens (including phenoxy) is 1. The lowest BCUT2D eigenvalue weighted by Crippen LogP contribution is -2.29. The Morgan fingerprint density at radius 1 is 1.47 bits per heavy atom. The van der Waals surface area contributed by atoms with E-state index in [0.29, 0.717) is 24.6 Å². The molecule has 0 radical (unpaired) electrons. The van der Waals surface area contributed by atoms with Gasteiger partial charge in [0.2, 0.25) is 0 Å². The van der Waals surface area contributed by atoms with Gasteiger partial charge in [-0.25, -0.2) is 0 Å². The van der Waals surface area contributed by atoms with E-state index in [4.69, 9.17) is 21.4 Å². The fourth-order valence-corrected chi connectivity index (χ4v) is 1.94. The van der Waals surface area contributed by atoms with Gasteiger partial charge in [-0.1, -0.05) is 23.7 Å². The van der Waals surface area contributed by atoms with Crippen LogP contribution in [0.25, 0.3) is 0 Å². The summed E-state index contributed by atoms with van der Waals surface area (Å²) in [5, 5.41) is 12.4. The van der Waals surface area contributed by atoms with E-state index in [1.165, 1.54) is 0 Å². The number of benzene rings is 1. The molecule has 92 valence electrons. The van der Waals surface area contributed by atoms with Gasteiger partial charge in [-0.3, -0.25) is 4.79 Å². The van der Waals surface area contributed by atoms with Crippen molar-refractivity contribution in [2.45, 2.75) is 25.2 Å². The molecule has 0 aliphatic carbocycles. The largest absolute Gasteiger partial charge is 0.480 e. The van der Waals surface area contributed by atoms with Crippen molar-refractivity contribution in [3.05, 3.63) is 34.9 Å². The van der Waals surface area contributed by atoms with Crippen LogP contribution in [0.4, 0.5) is 0 Å². The van der Waals surface area contributed by atoms with Crippen LogP contribution in [0.3, 0.4) is 0 Å². The van der Waals surface area contributed by atoms with Crippen LogP contribution in [0.15, 0.2) is 24.3 Å². The molecule has 4 nitrogen and oxygen atoms in total. The zero-order chi connectivity index (χ0) is 12.3. The molecule has 1 fully saturated rings. The van der Waals surface area contributed by atoms with Crippen molar-refractivity contribution in [3.8, 4) is 0 Å². The van der Waals surface area contributed by atoms with Crippen LogP contribution in [0.2, 0.25) is 5.02 Å². The second kappa shape index (κ2) is 5.49. The van der Waals surface area contributed by atoms with E-state index in [9.17, 15) is 4.79 Å². The number of hydrogen-bond acceptors (Lipinski definition) is 3. The van der Waals surface area contributed by atoms with Gasteiger partial charge < -0.3 is 15.2 Å². The van der Waals surface area contributed by atoms with E-state index >= 15 is 0 Å². The Hall–Kier alpha value is -1.10. The third-order valence-electron chi connectivity index (χ3n) is 2.79. The van der Waals surface area contributed by atoms with Crippen molar-refractivity contribution in [2.75, 3.05) is 6.54 Å². The lowest BCUT2D eigenvalue weighted by atomic mass is 10.2. The highest BCUT2D eigenvalue weighted by atomic mass is 35.5. The molecule has 0 unspecified atom stereocenters. The Bertz CT molecular complexity index is 393. The minimum Gasteiger partial charge on any atom is -0.480 e. The summed E-state index contributed by atoms with van der Waals surface area (Å²) in [6.45, 7) is 1.07. The summed E-state index contributed by atoms with van der Waals surface area (Å²) >= 11 is 5.78. The van der Waals surface area contributed by atoms with Gasteiger partial charge in [-0.15, -0.1) is 0 Å². The number of hydrogen-bond donors (Lipinski definition) is 2. The van der Waals surface area contributed by atoms with Crippen molar-refractivity contribution in [2.24, 2.45) is 0 Å². The standard InChI is InChI=1S/C12H14ClNO3/c13-9-3-1-8(2-4-9)7-17-10-5-11(12(15)16)14-6-10/h1-4,10-11,14H,5-7H2,(H,15,16)/t10-,11+/m1/s1. The number of carboxylic acid groups (broad SMARTS) is 1. The number of nitrogens with one attached hydrogen (secondary N) is 1. The average Bonchev–Trinajstić information content (AvgIpc) is 2.77. The first-order valence-corrected chi connectivity index (χ1v) is 5.85. The van der Waals surface area contributed by atoms with Crippen LogP contribution in [-0.2, 0) is 16.1 Å². The smallest absolute Gasteiger partial charge is 0.320 e. The maximum Gasteiger partial charge on any atom is 0.320 e. The molecule has 1 saturated heterocycles. The van der Waals surface area contributed by atoms with Crippen LogP contribution < -0.4 is 5.32 Å². The van der Waals surface area contributed by atoms with Gasteiger partial charge in [0.1, 0.15) is 6.04 Å². The predicted octanol–water partition coefficient (Wildman–Crippen LogP) is 1.67. The first kappa shape index (κ1) is 12.4. The maximum absolute atomic E-state index is 10.7. The molecule has 1 aliphatic heterocycles. The molecule has 17 heavy (non-hydrogen) atoms. The highest BCUT2D eigenvalue weighted by Crippen LogP contribution is 2.15. The molecule has 0 spiro atoms. The van der Waals surface area contributed by atoms with E-state index in [1.807, 2.05) is 24.3 Å². The van der Waals surface area contributed by atoms with E-state index in [-0.39, 0.29) is 6.10 Å². The molecular formula is C12H14ClNO3. The van der Waals surface area contributed by atoms with Crippen LogP contribution in [0.5, 0.6) is 0 Å². The molecule has 2 N–H and O–H groups in total. The Labute approximate surface area is 105 Å². The normalized spacial score (nSPS) is 23.8. The fraction of sp³-hybridized carbons (Fsp3) is 0.417. The number of carboxylic acids is 1. The quantitative estimate of drug-likeness (QED) is 0.859. The SMILES string of the molecule is O=C(O)[C@@H]1C[C@@H](OCc2ccc(Cl)cc2)CN1. The lowest BCUT2D eigenvalue weighted by Gasteiger charge is -2.10. The topological polar surface area (TPSA) is 58.6 Å². The Morgan fingerprint density at radius 3 is 2.76 bits per heavy atom. The molecule has 0 bridgehead atoms. The zero-order valence-electron chi connectivity index (χ0n) is 9.23. The number of halogens is 1. The summed E-state index contributed by atoms with van der Waals surface area (Å²) in [4.78, 5) is 10.7. The van der Waals surface area contributed by atoms with Crippen LogP contribution in [0.1, 0.15) is 12.0 Å². The van der Waals surface area contributed by atoms with Gasteiger partial charge in [-0.2, -0.15) is 0 Å². The number of rotatable bonds is 4. The molecule has 1 aromatic rings. The number of aliphatic carboxylic acids is 1. The van der Waals surface area contributed by atoms with E-state index in [0.717, 1.165) is 5.56 Å². The van der Waals surface area contributed by atoms with Gasteiger partial charge >= 0.3 is 5.97 Å². The van der Waals surface area contributed by atoms with Gasteiger partial charge in [0, 0.05) is 18.0 Å². The third-order valence-corrected chi connectivity index (χ3v) is 3.04. The third kappa shape index (κ3) is 3.43. The molecule has 0 amide bonds. The number of carbonyl (C=O) groups is 1. The van der Waals surface area contributed by atoms with Crippen molar-refractivity contribution in [1.29, 1.82) is 0 Å². The summed E-state index contributed by atoms with van der Waals surface area (Å²) in [6, 6.07) is 6.95. The summed E-state index contributed by atoms with van der Waals surface area (Å²) < 4.78 is 5.64. The van der Waals surface area contributed by atoms with Crippen molar-refractivity contribution >= 4 is 17.6 Å². The molecule has 2 rings (SSSR count). The molecule has 0 saturated carbocycles. The van der Waals surface area contributed by atoms with Crippen LogP contribution in [0, 0.1) is 0 Å². The van der Waals surface area contributed by atoms with E-state index in [2.05, 4.69) is 5.32 Å². The summed E-state index contributed by atoms with van der Waals surface area (Å²) in [7, 11) is 0. The van der Waals surface area contributed by atoms with E-state index in [1.54, 1.807) is 0 Å². The second-order valence-electron chi connectivity index (χ2n) is 4.09. The first-order valence-electron chi connectivity index (χ1n) is 5.47. The summed E-state index contributed by atoms with van der Waals surface area (Å²) in [5.74, 6) is -0.817. The molecule has 5 heteroatoms.